The Kier molecular flexibility index (Phi) is 5.22. The maximum absolute atomic E-state index is 12.3. The predicted molar refractivity (Wildman–Crippen MR) is 85.8 cm³/mol. The molecule has 0 spiro atoms. The normalized spacial score (nSPS) is 15.5. The van der Waals surface area contributed by atoms with Crippen molar-refractivity contribution in [3.05, 3.63) is 24.3 Å². The molecule has 1 fully saturated rings. The molecule has 6 heteroatoms. The zero-order valence-corrected chi connectivity index (χ0v) is 13.5. The van der Waals surface area contributed by atoms with Gasteiger partial charge in [0.15, 0.2) is 6.61 Å². The molecule has 0 bridgehead atoms. The standard InChI is InChI=1S/C17H21N3O3/c1-20(2)15(21)11-23-14-7-5-13(6-8-14)19-16(22)17(12-18)9-3-4-10-17/h5-8H,3-4,9-11H2,1-2H3,(H,19,22). The Bertz CT molecular complexity index is 611. The van der Waals surface area contributed by atoms with E-state index >= 15 is 0 Å². The minimum Gasteiger partial charge on any atom is -0.484 e. The molecule has 6 nitrogen and oxygen atoms in total. The summed E-state index contributed by atoms with van der Waals surface area (Å²) in [5, 5.41) is 12.1. The number of hydrogen-bond donors (Lipinski definition) is 1. The number of rotatable bonds is 5. The molecule has 0 atom stereocenters. The number of nitrogens with one attached hydrogen (secondary N) is 1. The van der Waals surface area contributed by atoms with E-state index in [1.54, 1.807) is 38.4 Å². The molecular weight excluding hydrogens is 294 g/mol. The summed E-state index contributed by atoms with van der Waals surface area (Å²) in [4.78, 5) is 25.2. The molecule has 0 heterocycles. The van der Waals surface area contributed by atoms with Crippen molar-refractivity contribution in [3.8, 4) is 11.8 Å². The van der Waals surface area contributed by atoms with Crippen LogP contribution in [0.1, 0.15) is 25.7 Å². The van der Waals surface area contributed by atoms with Crippen LogP contribution >= 0.6 is 0 Å². The highest BCUT2D eigenvalue weighted by Crippen LogP contribution is 2.38. The number of ether oxygens (including phenoxy) is 1. The van der Waals surface area contributed by atoms with Gasteiger partial charge in [0.1, 0.15) is 11.2 Å². The molecular formula is C17H21N3O3. The van der Waals surface area contributed by atoms with Crippen LogP contribution < -0.4 is 10.1 Å². The van der Waals surface area contributed by atoms with Gasteiger partial charge in [-0.3, -0.25) is 9.59 Å². The molecule has 0 saturated heterocycles. The van der Waals surface area contributed by atoms with Crippen LogP contribution in [0.15, 0.2) is 24.3 Å². The number of nitrogens with zero attached hydrogens (tertiary/aromatic N) is 2. The van der Waals surface area contributed by atoms with Crippen molar-refractivity contribution in [1.29, 1.82) is 5.26 Å². The lowest BCUT2D eigenvalue weighted by molar-refractivity contribution is -0.130. The van der Waals surface area contributed by atoms with E-state index in [1.807, 2.05) is 0 Å². The Morgan fingerprint density at radius 2 is 1.87 bits per heavy atom. The van der Waals surface area contributed by atoms with Crippen LogP contribution in [0.3, 0.4) is 0 Å². The van der Waals surface area contributed by atoms with Crippen molar-refractivity contribution >= 4 is 17.5 Å². The van der Waals surface area contributed by atoms with E-state index in [-0.39, 0.29) is 18.4 Å². The first-order valence-corrected chi connectivity index (χ1v) is 7.62. The minimum atomic E-state index is -0.896. The number of nitriles is 1. The van der Waals surface area contributed by atoms with Crippen LogP contribution in [0, 0.1) is 16.7 Å². The minimum absolute atomic E-state index is 0.0315. The number of likely N-dealkylation sites (N-methyl/N-ethyl adjacent to an activating group) is 1. The van der Waals surface area contributed by atoms with Crippen LogP contribution in [-0.4, -0.2) is 37.4 Å². The second-order valence-electron chi connectivity index (χ2n) is 5.96. The van der Waals surface area contributed by atoms with Crippen LogP contribution in [0.2, 0.25) is 0 Å². The molecule has 23 heavy (non-hydrogen) atoms. The summed E-state index contributed by atoms with van der Waals surface area (Å²) in [6.07, 6.45) is 3.05. The number of amides is 2. The van der Waals surface area contributed by atoms with Crippen molar-refractivity contribution in [2.24, 2.45) is 5.41 Å². The van der Waals surface area contributed by atoms with E-state index in [1.165, 1.54) is 4.90 Å². The largest absolute Gasteiger partial charge is 0.484 e. The Labute approximate surface area is 136 Å². The summed E-state index contributed by atoms with van der Waals surface area (Å²) in [5.41, 5.74) is -0.282. The van der Waals surface area contributed by atoms with Crippen LogP contribution in [0.5, 0.6) is 5.75 Å². The lowest BCUT2D eigenvalue weighted by Gasteiger charge is -2.19. The Hall–Kier alpha value is -2.55. The predicted octanol–water partition coefficient (Wildman–Crippen LogP) is 2.18. The van der Waals surface area contributed by atoms with Gasteiger partial charge in [0.05, 0.1) is 6.07 Å². The number of hydrogen-bond acceptors (Lipinski definition) is 4. The summed E-state index contributed by atoms with van der Waals surface area (Å²) in [5.74, 6) is 0.183. The molecule has 1 aliphatic carbocycles. The first-order chi connectivity index (χ1) is 11.0. The van der Waals surface area contributed by atoms with Crippen molar-refractivity contribution in [2.45, 2.75) is 25.7 Å². The second kappa shape index (κ2) is 7.14. The molecule has 0 radical (unpaired) electrons. The molecule has 1 aromatic carbocycles. The van der Waals surface area contributed by atoms with Gasteiger partial charge in [-0.05, 0) is 37.1 Å². The van der Waals surface area contributed by atoms with Gasteiger partial charge in [0, 0.05) is 19.8 Å². The highest BCUT2D eigenvalue weighted by molar-refractivity contribution is 5.97. The van der Waals surface area contributed by atoms with Gasteiger partial charge in [-0.25, -0.2) is 0 Å². The van der Waals surface area contributed by atoms with Crippen LogP contribution in [0.25, 0.3) is 0 Å². The summed E-state index contributed by atoms with van der Waals surface area (Å²) in [6.45, 7) is -0.0315. The summed E-state index contributed by atoms with van der Waals surface area (Å²) < 4.78 is 5.37. The van der Waals surface area contributed by atoms with Gasteiger partial charge < -0.3 is 15.0 Å². The Morgan fingerprint density at radius 3 is 2.39 bits per heavy atom. The smallest absolute Gasteiger partial charge is 0.259 e. The first-order valence-electron chi connectivity index (χ1n) is 7.62. The van der Waals surface area contributed by atoms with Gasteiger partial charge in [0.25, 0.3) is 5.91 Å². The van der Waals surface area contributed by atoms with Crippen molar-refractivity contribution in [3.63, 3.8) is 0 Å². The van der Waals surface area contributed by atoms with Gasteiger partial charge in [-0.15, -0.1) is 0 Å². The van der Waals surface area contributed by atoms with Gasteiger partial charge in [-0.1, -0.05) is 12.8 Å². The van der Waals surface area contributed by atoms with E-state index < -0.39 is 5.41 Å². The van der Waals surface area contributed by atoms with Crippen LogP contribution in [0.4, 0.5) is 5.69 Å². The molecule has 2 rings (SSSR count). The maximum atomic E-state index is 12.3. The van der Waals surface area contributed by atoms with Gasteiger partial charge in [-0.2, -0.15) is 5.26 Å². The number of carbonyl (C=O) groups is 2. The zero-order valence-electron chi connectivity index (χ0n) is 13.5. The fourth-order valence-corrected chi connectivity index (χ4v) is 2.53. The highest BCUT2D eigenvalue weighted by Gasteiger charge is 2.41. The van der Waals surface area contributed by atoms with E-state index in [4.69, 9.17) is 4.74 Å². The first kappa shape index (κ1) is 16.8. The van der Waals surface area contributed by atoms with Crippen molar-refractivity contribution in [2.75, 3.05) is 26.0 Å². The lowest BCUT2D eigenvalue weighted by atomic mass is 9.87. The Morgan fingerprint density at radius 1 is 1.26 bits per heavy atom. The number of anilines is 1. The summed E-state index contributed by atoms with van der Waals surface area (Å²) in [7, 11) is 3.33. The monoisotopic (exact) mass is 315 g/mol. The topological polar surface area (TPSA) is 82.4 Å². The van der Waals surface area contributed by atoms with Crippen LogP contribution in [-0.2, 0) is 9.59 Å². The second-order valence-corrected chi connectivity index (χ2v) is 5.96. The van der Waals surface area contributed by atoms with E-state index in [2.05, 4.69) is 11.4 Å². The van der Waals surface area contributed by atoms with Gasteiger partial charge >= 0.3 is 0 Å². The molecule has 1 saturated carbocycles. The molecule has 2 amide bonds. The average Bonchev–Trinajstić information content (AvgIpc) is 3.04. The lowest BCUT2D eigenvalue weighted by Crippen LogP contribution is -2.32. The molecule has 1 aromatic rings. The molecule has 0 aromatic heterocycles. The molecule has 1 aliphatic rings. The molecule has 0 unspecified atom stereocenters. The molecule has 122 valence electrons. The third-order valence-corrected chi connectivity index (χ3v) is 4.08. The quantitative estimate of drug-likeness (QED) is 0.903. The molecule has 1 N–H and O–H groups in total. The van der Waals surface area contributed by atoms with E-state index in [9.17, 15) is 14.9 Å². The summed E-state index contributed by atoms with van der Waals surface area (Å²) >= 11 is 0. The van der Waals surface area contributed by atoms with Gasteiger partial charge in [0.2, 0.25) is 5.91 Å². The fourth-order valence-electron chi connectivity index (χ4n) is 2.53. The highest BCUT2D eigenvalue weighted by atomic mass is 16.5. The van der Waals surface area contributed by atoms with E-state index in [0.29, 0.717) is 24.3 Å². The average molecular weight is 315 g/mol. The maximum Gasteiger partial charge on any atom is 0.259 e. The number of carbonyl (C=O) groups excluding carboxylic acids is 2. The third kappa shape index (κ3) is 4.01. The Balaban J connectivity index is 1.94. The zero-order chi connectivity index (χ0) is 16.9. The van der Waals surface area contributed by atoms with Crippen molar-refractivity contribution < 1.29 is 14.3 Å². The van der Waals surface area contributed by atoms with E-state index in [0.717, 1.165) is 12.8 Å². The number of benzene rings is 1. The third-order valence-electron chi connectivity index (χ3n) is 4.08. The fraction of sp³-hybridized carbons (Fsp3) is 0.471. The SMILES string of the molecule is CN(C)C(=O)COc1ccc(NC(=O)C2(C#N)CCCC2)cc1. The van der Waals surface area contributed by atoms with Crippen molar-refractivity contribution in [1.82, 2.24) is 4.90 Å². The summed E-state index contributed by atoms with van der Waals surface area (Å²) in [6, 6.07) is 8.95. The molecule has 0 aliphatic heterocycles.